The van der Waals surface area contributed by atoms with Gasteiger partial charge in [0.15, 0.2) is 0 Å². The molecule has 2 heterocycles. The third-order valence-corrected chi connectivity index (χ3v) is 4.98. The molecule has 1 aliphatic heterocycles. The molecule has 4 rings (SSSR count). The summed E-state index contributed by atoms with van der Waals surface area (Å²) in [6.07, 6.45) is 3.45. The van der Waals surface area contributed by atoms with Gasteiger partial charge in [-0.05, 0) is 48.2 Å². The van der Waals surface area contributed by atoms with Gasteiger partial charge in [-0.25, -0.2) is 8.78 Å². The molecule has 0 bridgehead atoms. The number of carbonyl (C=O) groups excluding carboxylic acids is 1. The number of hydrogen-bond acceptors (Lipinski definition) is 4. The summed E-state index contributed by atoms with van der Waals surface area (Å²) in [6.45, 7) is 1.43. The highest BCUT2D eigenvalue weighted by Crippen LogP contribution is 2.20. The van der Waals surface area contributed by atoms with Crippen LogP contribution in [0.1, 0.15) is 34.3 Å². The van der Waals surface area contributed by atoms with Crippen LogP contribution < -0.4 is 10.1 Å². The highest BCUT2D eigenvalue weighted by Gasteiger charge is 2.21. The minimum Gasteiger partial charge on any atom is -0.471 e. The lowest BCUT2D eigenvalue weighted by atomic mass is 10.2. The summed E-state index contributed by atoms with van der Waals surface area (Å²) in [5, 5.41) is 7.22. The summed E-state index contributed by atoms with van der Waals surface area (Å²) in [7, 11) is 0. The SMILES string of the molecule is O=C(NC[C@@H]1CCCO1)c1cn(Cc2cccc(F)c2)nc1OCc1cccc(F)c1. The summed E-state index contributed by atoms with van der Waals surface area (Å²) in [6, 6.07) is 12.2. The van der Waals surface area contributed by atoms with Crippen LogP contribution in [0.15, 0.2) is 54.7 Å². The van der Waals surface area contributed by atoms with Crippen LogP contribution in [0, 0.1) is 11.6 Å². The van der Waals surface area contributed by atoms with Crippen molar-refractivity contribution in [3.63, 3.8) is 0 Å². The lowest BCUT2D eigenvalue weighted by Crippen LogP contribution is -2.31. The quantitative estimate of drug-likeness (QED) is 0.596. The van der Waals surface area contributed by atoms with Crippen LogP contribution in [0.4, 0.5) is 8.78 Å². The summed E-state index contributed by atoms with van der Waals surface area (Å²) in [5.74, 6) is -0.922. The van der Waals surface area contributed by atoms with E-state index < -0.39 is 0 Å². The molecule has 0 radical (unpaired) electrons. The van der Waals surface area contributed by atoms with Gasteiger partial charge in [0.2, 0.25) is 5.88 Å². The minimum absolute atomic E-state index is 0.00273. The number of nitrogens with zero attached hydrogens (tertiary/aromatic N) is 2. The van der Waals surface area contributed by atoms with Gasteiger partial charge in [0.25, 0.3) is 5.91 Å². The zero-order chi connectivity index (χ0) is 21.6. The van der Waals surface area contributed by atoms with Gasteiger partial charge >= 0.3 is 0 Å². The fraction of sp³-hybridized carbons (Fsp3) is 0.304. The van der Waals surface area contributed by atoms with Gasteiger partial charge in [0, 0.05) is 19.3 Å². The van der Waals surface area contributed by atoms with E-state index in [0.717, 1.165) is 12.8 Å². The van der Waals surface area contributed by atoms with Gasteiger partial charge in [-0.15, -0.1) is 5.10 Å². The summed E-state index contributed by atoms with van der Waals surface area (Å²) in [5.41, 5.74) is 1.57. The maximum absolute atomic E-state index is 13.5. The van der Waals surface area contributed by atoms with Crippen LogP contribution in [0.2, 0.25) is 0 Å². The molecule has 1 saturated heterocycles. The fourth-order valence-corrected chi connectivity index (χ4v) is 3.45. The third kappa shape index (κ3) is 5.67. The predicted molar refractivity (Wildman–Crippen MR) is 110 cm³/mol. The number of nitrogens with one attached hydrogen (secondary N) is 1. The number of amides is 1. The van der Waals surface area contributed by atoms with E-state index >= 15 is 0 Å². The molecule has 0 saturated carbocycles. The average molecular weight is 427 g/mol. The molecule has 1 fully saturated rings. The van der Waals surface area contributed by atoms with E-state index in [1.54, 1.807) is 30.5 Å². The van der Waals surface area contributed by atoms with Crippen LogP contribution in [-0.4, -0.2) is 34.9 Å². The van der Waals surface area contributed by atoms with Crippen molar-refractivity contribution in [2.45, 2.75) is 32.1 Å². The Kier molecular flexibility index (Phi) is 6.57. The number of hydrogen-bond donors (Lipinski definition) is 1. The number of rotatable bonds is 8. The highest BCUT2D eigenvalue weighted by molar-refractivity contribution is 5.96. The van der Waals surface area contributed by atoms with Gasteiger partial charge in [0.05, 0.1) is 12.6 Å². The van der Waals surface area contributed by atoms with Gasteiger partial charge in [-0.1, -0.05) is 24.3 Å². The molecule has 0 aliphatic carbocycles. The topological polar surface area (TPSA) is 65.4 Å². The number of ether oxygens (including phenoxy) is 2. The number of halogens is 2. The van der Waals surface area contributed by atoms with Gasteiger partial charge in [-0.3, -0.25) is 9.48 Å². The third-order valence-electron chi connectivity index (χ3n) is 4.98. The Bertz CT molecular complexity index is 1050. The molecule has 1 amide bonds. The van der Waals surface area contributed by atoms with Crippen molar-refractivity contribution in [2.75, 3.05) is 13.2 Å². The molecular weight excluding hydrogens is 404 g/mol. The maximum atomic E-state index is 13.5. The lowest BCUT2D eigenvalue weighted by molar-refractivity contribution is 0.0854. The molecule has 6 nitrogen and oxygen atoms in total. The van der Waals surface area contributed by atoms with Crippen LogP contribution in [0.25, 0.3) is 0 Å². The van der Waals surface area contributed by atoms with Crippen LogP contribution in [0.5, 0.6) is 5.88 Å². The van der Waals surface area contributed by atoms with Crippen molar-refractivity contribution in [1.82, 2.24) is 15.1 Å². The predicted octanol–water partition coefficient (Wildman–Crippen LogP) is 3.70. The Hall–Kier alpha value is -3.26. The molecule has 1 N–H and O–H groups in total. The molecule has 8 heteroatoms. The number of benzene rings is 2. The molecule has 1 aliphatic rings. The fourth-order valence-electron chi connectivity index (χ4n) is 3.45. The van der Waals surface area contributed by atoms with Gasteiger partial charge in [-0.2, -0.15) is 0 Å². The Labute approximate surface area is 178 Å². The Morgan fingerprint density at radius 3 is 2.61 bits per heavy atom. The van der Waals surface area contributed by atoms with E-state index in [1.807, 2.05) is 0 Å². The molecule has 31 heavy (non-hydrogen) atoms. The van der Waals surface area contributed by atoms with E-state index in [1.165, 1.54) is 28.9 Å². The molecule has 1 atom stereocenters. The second-order valence-corrected chi connectivity index (χ2v) is 7.44. The van der Waals surface area contributed by atoms with Crippen molar-refractivity contribution in [1.29, 1.82) is 0 Å². The number of aromatic nitrogens is 2. The zero-order valence-electron chi connectivity index (χ0n) is 16.9. The standard InChI is InChI=1S/C23H23F2N3O3/c24-18-6-1-4-16(10-18)13-28-14-21(22(29)26-12-20-8-3-9-30-20)23(27-28)31-15-17-5-2-7-19(25)11-17/h1-2,4-7,10-11,14,20H,3,8-9,12-13,15H2,(H,26,29)/t20-/m0/s1. The van der Waals surface area contributed by atoms with Crippen molar-refractivity contribution in [3.8, 4) is 5.88 Å². The molecule has 0 spiro atoms. The second kappa shape index (κ2) is 9.70. The van der Waals surface area contributed by atoms with Crippen molar-refractivity contribution in [3.05, 3.63) is 83.1 Å². The molecular formula is C23H23F2N3O3. The molecule has 1 aromatic heterocycles. The lowest BCUT2D eigenvalue weighted by Gasteiger charge is -2.11. The molecule has 0 unspecified atom stereocenters. The first-order chi connectivity index (χ1) is 15.1. The smallest absolute Gasteiger partial charge is 0.258 e. The average Bonchev–Trinajstić information content (AvgIpc) is 3.40. The first kappa shape index (κ1) is 21.0. The summed E-state index contributed by atoms with van der Waals surface area (Å²) >= 11 is 0. The Morgan fingerprint density at radius 1 is 1.16 bits per heavy atom. The van der Waals surface area contributed by atoms with E-state index in [0.29, 0.717) is 24.3 Å². The second-order valence-electron chi connectivity index (χ2n) is 7.44. The van der Waals surface area contributed by atoms with E-state index in [9.17, 15) is 13.6 Å². The zero-order valence-corrected chi connectivity index (χ0v) is 16.9. The highest BCUT2D eigenvalue weighted by atomic mass is 19.1. The van der Waals surface area contributed by atoms with Gasteiger partial charge < -0.3 is 14.8 Å². The molecule has 162 valence electrons. The largest absolute Gasteiger partial charge is 0.471 e. The monoisotopic (exact) mass is 427 g/mol. The maximum Gasteiger partial charge on any atom is 0.258 e. The Balaban J connectivity index is 1.51. The Morgan fingerprint density at radius 2 is 1.90 bits per heavy atom. The van der Waals surface area contributed by atoms with E-state index in [2.05, 4.69) is 10.4 Å². The van der Waals surface area contributed by atoms with Crippen LogP contribution in [0.3, 0.4) is 0 Å². The normalized spacial score (nSPS) is 15.7. The molecule has 3 aromatic rings. The van der Waals surface area contributed by atoms with Crippen molar-refractivity contribution >= 4 is 5.91 Å². The summed E-state index contributed by atoms with van der Waals surface area (Å²) in [4.78, 5) is 12.8. The first-order valence-electron chi connectivity index (χ1n) is 10.2. The molecule has 2 aromatic carbocycles. The van der Waals surface area contributed by atoms with Crippen LogP contribution in [-0.2, 0) is 17.9 Å². The van der Waals surface area contributed by atoms with E-state index in [-0.39, 0.29) is 48.2 Å². The van der Waals surface area contributed by atoms with E-state index in [4.69, 9.17) is 9.47 Å². The van der Waals surface area contributed by atoms with Crippen molar-refractivity contribution < 1.29 is 23.0 Å². The summed E-state index contributed by atoms with van der Waals surface area (Å²) < 4.78 is 39.8. The van der Waals surface area contributed by atoms with Gasteiger partial charge in [0.1, 0.15) is 23.8 Å². The van der Waals surface area contributed by atoms with Crippen LogP contribution >= 0.6 is 0 Å². The van der Waals surface area contributed by atoms with Crippen molar-refractivity contribution in [2.24, 2.45) is 0 Å². The minimum atomic E-state index is -0.368. The first-order valence-corrected chi connectivity index (χ1v) is 10.2. The number of carbonyl (C=O) groups is 1.